The van der Waals surface area contributed by atoms with Gasteiger partial charge in [0.2, 0.25) is 0 Å². The molecular weight excluding hydrogens is 764 g/mol. The lowest BCUT2D eigenvalue weighted by atomic mass is 9.98. The first-order valence-electron chi connectivity index (χ1n) is 18.5. The maximum Gasteiger partial charge on any atom is 0.342 e. The van der Waals surface area contributed by atoms with Crippen LogP contribution in [0.2, 0.25) is 0 Å². The van der Waals surface area contributed by atoms with Gasteiger partial charge in [-0.25, -0.2) is 9.59 Å². The van der Waals surface area contributed by atoms with Crippen molar-refractivity contribution < 1.29 is 67.3 Å². The van der Waals surface area contributed by atoms with E-state index in [2.05, 4.69) is 0 Å². The van der Waals surface area contributed by atoms with Crippen LogP contribution in [0.15, 0.2) is 60.7 Å². The van der Waals surface area contributed by atoms with Gasteiger partial charge in [-0.3, -0.25) is 9.59 Å². The number of aliphatic hydroxyl groups is 2. The van der Waals surface area contributed by atoms with Crippen molar-refractivity contribution in [3.63, 3.8) is 0 Å². The van der Waals surface area contributed by atoms with E-state index < -0.39 is 36.0 Å². The molecule has 2 N–H and O–H groups in total. The Hall–Kier alpha value is -5.28. The van der Waals surface area contributed by atoms with Crippen molar-refractivity contribution in [1.82, 2.24) is 0 Å². The van der Waals surface area contributed by atoms with Crippen LogP contribution in [0.25, 0.3) is 12.2 Å². The third kappa shape index (κ3) is 16.5. The number of aliphatic hydroxyl groups excluding tert-OH is 2. The maximum atomic E-state index is 12.9. The number of ketones is 2. The van der Waals surface area contributed by atoms with Gasteiger partial charge in [-0.1, -0.05) is 58.2 Å². The fraction of sp³-hybridized carbons (Fsp3) is 0.467. The van der Waals surface area contributed by atoms with Crippen molar-refractivity contribution in [3.05, 3.63) is 83.0 Å². The quantitative estimate of drug-likeness (QED) is 0.199. The number of fused-ring (bicyclic) bond motifs is 2. The highest BCUT2D eigenvalue weighted by Crippen LogP contribution is 2.33. The molecule has 0 saturated heterocycles. The average molecular weight is 827 g/mol. The summed E-state index contributed by atoms with van der Waals surface area (Å²) in [5.74, 6) is -0.0984. The second kappa shape index (κ2) is 26.7. The van der Waals surface area contributed by atoms with E-state index in [-0.39, 0.29) is 70.4 Å². The lowest BCUT2D eigenvalue weighted by Crippen LogP contribution is -2.24. The molecular formula is C45H62O14. The van der Waals surface area contributed by atoms with Gasteiger partial charge < -0.3 is 48.1 Å². The Morgan fingerprint density at radius 3 is 1.59 bits per heavy atom. The lowest BCUT2D eigenvalue weighted by Gasteiger charge is -2.18. The molecule has 4 rings (SSSR count). The molecule has 2 aromatic rings. The van der Waals surface area contributed by atoms with Crippen LogP contribution in [0.3, 0.4) is 0 Å². The van der Waals surface area contributed by atoms with E-state index in [1.54, 1.807) is 57.4 Å². The molecule has 59 heavy (non-hydrogen) atoms. The van der Waals surface area contributed by atoms with Crippen molar-refractivity contribution >= 4 is 35.7 Å². The minimum absolute atomic E-state index is 0. The van der Waals surface area contributed by atoms with Crippen LogP contribution in [-0.4, -0.2) is 100 Å². The van der Waals surface area contributed by atoms with E-state index in [0.29, 0.717) is 46.8 Å². The fourth-order valence-corrected chi connectivity index (χ4v) is 5.57. The van der Waals surface area contributed by atoms with Gasteiger partial charge in [0.25, 0.3) is 0 Å². The summed E-state index contributed by atoms with van der Waals surface area (Å²) in [5.41, 5.74) is 1.50. The lowest BCUT2D eigenvalue weighted by molar-refractivity contribution is -0.123. The van der Waals surface area contributed by atoms with Gasteiger partial charge >= 0.3 is 11.9 Å². The smallest absolute Gasteiger partial charge is 0.342 e. The van der Waals surface area contributed by atoms with Crippen molar-refractivity contribution in [2.24, 2.45) is 5.92 Å². The highest BCUT2D eigenvalue weighted by molar-refractivity contribution is 5.98. The molecule has 1 unspecified atom stereocenters. The van der Waals surface area contributed by atoms with E-state index in [9.17, 15) is 29.4 Å². The molecule has 14 nitrogen and oxygen atoms in total. The highest BCUT2D eigenvalue weighted by atomic mass is 16.7. The Morgan fingerprint density at radius 1 is 0.644 bits per heavy atom. The normalized spacial score (nSPS) is 22.4. The molecule has 0 spiro atoms. The predicted molar refractivity (Wildman–Crippen MR) is 225 cm³/mol. The van der Waals surface area contributed by atoms with Gasteiger partial charge in [-0.05, 0) is 62.1 Å². The summed E-state index contributed by atoms with van der Waals surface area (Å²) in [4.78, 5) is 49.8. The van der Waals surface area contributed by atoms with E-state index in [1.807, 2.05) is 19.1 Å². The molecule has 0 aromatic heterocycles. The van der Waals surface area contributed by atoms with Crippen LogP contribution < -0.4 is 18.9 Å². The monoisotopic (exact) mass is 826 g/mol. The van der Waals surface area contributed by atoms with Crippen LogP contribution in [0, 0.1) is 5.92 Å². The van der Waals surface area contributed by atoms with E-state index >= 15 is 0 Å². The molecule has 14 heteroatoms. The number of hydrogen-bond acceptors (Lipinski definition) is 14. The summed E-state index contributed by atoms with van der Waals surface area (Å²) >= 11 is 0. The van der Waals surface area contributed by atoms with E-state index in [0.717, 1.165) is 6.42 Å². The molecule has 0 saturated carbocycles. The molecule has 326 valence electrons. The Morgan fingerprint density at radius 2 is 1.12 bits per heavy atom. The summed E-state index contributed by atoms with van der Waals surface area (Å²) in [7, 11) is 5.98. The summed E-state index contributed by atoms with van der Waals surface area (Å²) in [6, 6.07) is 6.54. The molecule has 2 heterocycles. The number of hydrogen-bond donors (Lipinski definition) is 2. The van der Waals surface area contributed by atoms with Crippen LogP contribution in [0.1, 0.15) is 99.6 Å². The summed E-state index contributed by atoms with van der Waals surface area (Å²) in [6.45, 7) is 5.30. The summed E-state index contributed by atoms with van der Waals surface area (Å²) in [6.07, 6.45) is 11.4. The second-order valence-electron chi connectivity index (χ2n) is 13.4. The molecule has 0 radical (unpaired) electrons. The molecule has 0 fully saturated rings. The minimum atomic E-state index is -1.34. The SMILES string of the molecule is C.C.COCOc1cc(OC)cc2c1C(=O)O[C@@H](C)C/C=C\C(=O)[C@@H](C)CCC=C2.COCOc1cc(OC)cc2c1C(=O)O[C@@H](C)C/C=C\C(=O)[C@@H](O)CC(O)C=C2. The number of rotatable bonds is 8. The van der Waals surface area contributed by atoms with Crippen LogP contribution in [0.4, 0.5) is 0 Å². The zero-order chi connectivity index (χ0) is 41.9. The zero-order valence-corrected chi connectivity index (χ0v) is 33.6. The van der Waals surface area contributed by atoms with E-state index in [1.165, 1.54) is 45.6 Å². The average Bonchev–Trinajstić information content (AvgIpc) is 3.18. The first-order valence-corrected chi connectivity index (χ1v) is 18.5. The van der Waals surface area contributed by atoms with Crippen molar-refractivity contribution in [1.29, 1.82) is 0 Å². The van der Waals surface area contributed by atoms with Crippen LogP contribution in [-0.2, 0) is 28.5 Å². The first-order chi connectivity index (χ1) is 27.3. The number of esters is 2. The number of ether oxygens (including phenoxy) is 8. The Labute approximate surface area is 348 Å². The number of methoxy groups -OCH3 is 4. The molecule has 2 aliphatic heterocycles. The van der Waals surface area contributed by atoms with Gasteiger partial charge in [0, 0.05) is 51.5 Å². The molecule has 2 aliphatic rings. The van der Waals surface area contributed by atoms with E-state index in [4.69, 9.17) is 37.9 Å². The topological polar surface area (TPSA) is 183 Å². The maximum absolute atomic E-state index is 12.9. The number of cyclic esters (lactones) is 2. The number of carbonyl (C=O) groups excluding carboxylic acids is 4. The van der Waals surface area contributed by atoms with Gasteiger partial charge in [-0.2, -0.15) is 0 Å². The number of allylic oxidation sites excluding steroid dienone is 2. The minimum Gasteiger partial charge on any atom is -0.497 e. The van der Waals surface area contributed by atoms with Crippen molar-refractivity contribution in [3.8, 4) is 23.0 Å². The van der Waals surface area contributed by atoms with Crippen molar-refractivity contribution in [2.75, 3.05) is 42.0 Å². The molecule has 2 aromatic carbocycles. The third-order valence-electron chi connectivity index (χ3n) is 8.71. The molecule has 5 atom stereocenters. The van der Waals surface area contributed by atoms with Gasteiger partial charge in [-0.15, -0.1) is 0 Å². The summed E-state index contributed by atoms with van der Waals surface area (Å²) < 4.78 is 42.7. The predicted octanol–water partition coefficient (Wildman–Crippen LogP) is 7.33. The Kier molecular flexibility index (Phi) is 23.4. The van der Waals surface area contributed by atoms with Crippen molar-refractivity contribution in [2.45, 2.75) is 92.1 Å². The largest absolute Gasteiger partial charge is 0.497 e. The molecule has 0 amide bonds. The molecule has 0 bridgehead atoms. The van der Waals surface area contributed by atoms with Gasteiger partial charge in [0.15, 0.2) is 25.2 Å². The fourth-order valence-electron chi connectivity index (χ4n) is 5.57. The second-order valence-corrected chi connectivity index (χ2v) is 13.4. The number of benzene rings is 2. The highest BCUT2D eigenvalue weighted by Gasteiger charge is 2.25. The van der Waals surface area contributed by atoms with Gasteiger partial charge in [0.05, 0.1) is 20.3 Å². The van der Waals surface area contributed by atoms with Crippen LogP contribution >= 0.6 is 0 Å². The molecule has 0 aliphatic carbocycles. The zero-order valence-electron chi connectivity index (χ0n) is 33.6. The number of carbonyl (C=O) groups is 4. The Balaban J connectivity index is 0.000000571. The third-order valence-corrected chi connectivity index (χ3v) is 8.71. The van der Waals surface area contributed by atoms with Crippen LogP contribution in [0.5, 0.6) is 23.0 Å². The first kappa shape index (κ1) is 51.7. The Bertz CT molecular complexity index is 1790. The van der Waals surface area contributed by atoms with Gasteiger partial charge in [0.1, 0.15) is 52.4 Å². The standard InChI is InChI=1S/C22H28O6.C21H26O8.2CH4/c1-15-8-5-6-10-17-12-18(26-4)13-20(27-14-25-3)21(17)22(24)28-16(2)9-7-11-19(15)23;1-13-5-4-6-17(23)18(24)10-15(22)8-7-14-9-16(27-3)11-19(28-12-26-2)20(14)21(25)29-13;;/h6-7,10-13,15-16H,5,8-9,14H2,1-4H3;4,6-9,11,13,15,18,22,24H,5,10,12H2,1-3H3;2*1H4/b10-6?,11-7-;6-4-,8-7?;;/t15-,16-;13-,15?,18-;;/m00../s1. The summed E-state index contributed by atoms with van der Waals surface area (Å²) in [5, 5.41) is 20.1.